The normalized spacial score (nSPS) is 11.7. The summed E-state index contributed by atoms with van der Waals surface area (Å²) in [5.41, 5.74) is 0.209. The van der Waals surface area contributed by atoms with Crippen molar-refractivity contribution in [2.45, 2.75) is 59.8 Å². The molecule has 76 valence electrons. The van der Waals surface area contributed by atoms with Crippen LogP contribution in [0.25, 0.3) is 0 Å². The highest BCUT2D eigenvalue weighted by Crippen LogP contribution is 2.36. The van der Waals surface area contributed by atoms with Gasteiger partial charge in [0.05, 0.1) is 6.07 Å². The highest BCUT2D eigenvalue weighted by Gasteiger charge is 2.27. The maximum atomic E-state index is 8.74. The first kappa shape index (κ1) is 12.5. The first-order chi connectivity index (χ1) is 6.08. The second-order valence-corrected chi connectivity index (χ2v) is 4.60. The first-order valence-electron chi connectivity index (χ1n) is 5.45. The Morgan fingerprint density at radius 2 is 1.62 bits per heavy atom. The number of nitrogens with zero attached hydrogens (tertiary/aromatic N) is 1. The fraction of sp³-hybridized carbons (Fsp3) is 0.917. The van der Waals surface area contributed by atoms with Crippen LogP contribution < -0.4 is 0 Å². The summed E-state index contributed by atoms with van der Waals surface area (Å²) in [6.07, 6.45) is 5.70. The standard InChI is InChI=1S/C12H23N/c1-5-7-11(8-6-2)12(3,4)9-10-13/h11H,5-9H2,1-4H3. The van der Waals surface area contributed by atoms with Gasteiger partial charge >= 0.3 is 0 Å². The maximum Gasteiger partial charge on any atom is 0.0627 e. The molecule has 0 bridgehead atoms. The molecule has 0 atom stereocenters. The minimum atomic E-state index is 0.209. The van der Waals surface area contributed by atoms with Crippen LogP contribution in [0, 0.1) is 22.7 Å². The van der Waals surface area contributed by atoms with Crippen LogP contribution in [0.3, 0.4) is 0 Å². The summed E-state index contributed by atoms with van der Waals surface area (Å²) in [5.74, 6) is 0.724. The summed E-state index contributed by atoms with van der Waals surface area (Å²) in [7, 11) is 0. The van der Waals surface area contributed by atoms with E-state index in [0.717, 1.165) is 5.92 Å². The van der Waals surface area contributed by atoms with Crippen LogP contribution in [-0.4, -0.2) is 0 Å². The predicted molar refractivity (Wildman–Crippen MR) is 57.3 cm³/mol. The molecular weight excluding hydrogens is 158 g/mol. The van der Waals surface area contributed by atoms with Gasteiger partial charge in [-0.1, -0.05) is 53.4 Å². The van der Waals surface area contributed by atoms with Gasteiger partial charge < -0.3 is 0 Å². The molecule has 1 nitrogen and oxygen atoms in total. The molecule has 0 saturated heterocycles. The zero-order chi connectivity index (χ0) is 10.3. The van der Waals surface area contributed by atoms with Crippen LogP contribution in [-0.2, 0) is 0 Å². The lowest BCUT2D eigenvalue weighted by atomic mass is 9.72. The molecule has 0 saturated carbocycles. The molecule has 0 amide bonds. The number of hydrogen-bond acceptors (Lipinski definition) is 1. The Morgan fingerprint density at radius 3 is 1.92 bits per heavy atom. The van der Waals surface area contributed by atoms with E-state index >= 15 is 0 Å². The van der Waals surface area contributed by atoms with Gasteiger partial charge in [-0.05, 0) is 11.3 Å². The van der Waals surface area contributed by atoms with Crippen LogP contribution in [0.5, 0.6) is 0 Å². The van der Waals surface area contributed by atoms with Crippen molar-refractivity contribution in [3.8, 4) is 6.07 Å². The largest absolute Gasteiger partial charge is 0.198 e. The molecule has 0 N–H and O–H groups in total. The minimum absolute atomic E-state index is 0.209. The van der Waals surface area contributed by atoms with Crippen LogP contribution in [0.2, 0.25) is 0 Å². The Balaban J connectivity index is 4.24. The summed E-state index contributed by atoms with van der Waals surface area (Å²) in [6, 6.07) is 2.31. The van der Waals surface area contributed by atoms with Crippen molar-refractivity contribution in [3.05, 3.63) is 0 Å². The lowest BCUT2D eigenvalue weighted by Crippen LogP contribution is -2.23. The number of hydrogen-bond donors (Lipinski definition) is 0. The molecule has 0 aliphatic rings. The Labute approximate surface area is 83.1 Å². The predicted octanol–water partition coefficient (Wildman–Crippen LogP) is 4.14. The van der Waals surface area contributed by atoms with Gasteiger partial charge in [-0.15, -0.1) is 0 Å². The van der Waals surface area contributed by atoms with Gasteiger partial charge in [0.15, 0.2) is 0 Å². The van der Waals surface area contributed by atoms with E-state index in [1.54, 1.807) is 0 Å². The fourth-order valence-electron chi connectivity index (χ4n) is 1.97. The minimum Gasteiger partial charge on any atom is -0.198 e. The summed E-state index contributed by atoms with van der Waals surface area (Å²) in [6.45, 7) is 8.91. The molecule has 0 fully saturated rings. The fourth-order valence-corrected chi connectivity index (χ4v) is 1.97. The van der Waals surface area contributed by atoms with Gasteiger partial charge in [0.1, 0.15) is 0 Å². The Bertz CT molecular complexity index is 158. The van der Waals surface area contributed by atoms with E-state index in [1.165, 1.54) is 25.7 Å². The first-order valence-corrected chi connectivity index (χ1v) is 5.45. The lowest BCUT2D eigenvalue weighted by Gasteiger charge is -2.32. The van der Waals surface area contributed by atoms with Gasteiger partial charge in [0, 0.05) is 6.42 Å². The lowest BCUT2D eigenvalue weighted by molar-refractivity contribution is 0.189. The van der Waals surface area contributed by atoms with E-state index in [1.807, 2.05) is 0 Å². The monoisotopic (exact) mass is 181 g/mol. The molecule has 0 aromatic carbocycles. The quantitative estimate of drug-likeness (QED) is 0.604. The molecule has 1 heteroatoms. The smallest absolute Gasteiger partial charge is 0.0627 e. The summed E-state index contributed by atoms with van der Waals surface area (Å²) >= 11 is 0. The van der Waals surface area contributed by atoms with E-state index in [9.17, 15) is 0 Å². The molecule has 0 heterocycles. The summed E-state index contributed by atoms with van der Waals surface area (Å²) in [5, 5.41) is 8.74. The maximum absolute atomic E-state index is 8.74. The molecule has 0 spiro atoms. The van der Waals surface area contributed by atoms with Crippen molar-refractivity contribution < 1.29 is 0 Å². The average molecular weight is 181 g/mol. The van der Waals surface area contributed by atoms with Crippen LogP contribution in [0.1, 0.15) is 59.8 Å². The van der Waals surface area contributed by atoms with Gasteiger partial charge in [-0.2, -0.15) is 5.26 Å². The highest BCUT2D eigenvalue weighted by atomic mass is 14.3. The van der Waals surface area contributed by atoms with Crippen LogP contribution >= 0.6 is 0 Å². The van der Waals surface area contributed by atoms with Gasteiger partial charge in [0.2, 0.25) is 0 Å². The average Bonchev–Trinajstić information content (AvgIpc) is 2.04. The molecule has 0 aliphatic carbocycles. The Hall–Kier alpha value is -0.510. The zero-order valence-electron chi connectivity index (χ0n) is 9.56. The van der Waals surface area contributed by atoms with E-state index in [-0.39, 0.29) is 5.41 Å². The molecular formula is C12H23N. The molecule has 0 aromatic rings. The van der Waals surface area contributed by atoms with Crippen LogP contribution in [0.4, 0.5) is 0 Å². The SMILES string of the molecule is CCCC(CCC)C(C)(C)CC#N. The molecule has 0 rings (SSSR count). The summed E-state index contributed by atoms with van der Waals surface area (Å²) in [4.78, 5) is 0. The Morgan fingerprint density at radius 1 is 1.15 bits per heavy atom. The number of rotatable bonds is 6. The number of nitriles is 1. The van der Waals surface area contributed by atoms with Crippen molar-refractivity contribution in [2.24, 2.45) is 11.3 Å². The van der Waals surface area contributed by atoms with Crippen molar-refractivity contribution in [1.29, 1.82) is 5.26 Å². The third-order valence-electron chi connectivity index (χ3n) is 2.91. The highest BCUT2D eigenvalue weighted by molar-refractivity contribution is 4.87. The zero-order valence-corrected chi connectivity index (χ0v) is 9.56. The van der Waals surface area contributed by atoms with Crippen molar-refractivity contribution >= 4 is 0 Å². The van der Waals surface area contributed by atoms with E-state index in [2.05, 4.69) is 33.8 Å². The van der Waals surface area contributed by atoms with Gasteiger partial charge in [-0.3, -0.25) is 0 Å². The van der Waals surface area contributed by atoms with Crippen LogP contribution in [0.15, 0.2) is 0 Å². The molecule has 0 unspecified atom stereocenters. The van der Waals surface area contributed by atoms with Gasteiger partial charge in [0.25, 0.3) is 0 Å². The van der Waals surface area contributed by atoms with Gasteiger partial charge in [-0.25, -0.2) is 0 Å². The summed E-state index contributed by atoms with van der Waals surface area (Å²) < 4.78 is 0. The van der Waals surface area contributed by atoms with Crippen molar-refractivity contribution in [1.82, 2.24) is 0 Å². The molecule has 0 aliphatic heterocycles. The molecule has 13 heavy (non-hydrogen) atoms. The third kappa shape index (κ3) is 4.31. The second kappa shape index (κ2) is 6.02. The second-order valence-electron chi connectivity index (χ2n) is 4.60. The van der Waals surface area contributed by atoms with E-state index in [4.69, 9.17) is 5.26 Å². The molecule has 0 radical (unpaired) electrons. The topological polar surface area (TPSA) is 23.8 Å². The Kier molecular flexibility index (Phi) is 5.79. The van der Waals surface area contributed by atoms with E-state index < -0.39 is 0 Å². The van der Waals surface area contributed by atoms with Crippen molar-refractivity contribution in [3.63, 3.8) is 0 Å². The van der Waals surface area contributed by atoms with E-state index in [0.29, 0.717) is 6.42 Å². The van der Waals surface area contributed by atoms with Crippen molar-refractivity contribution in [2.75, 3.05) is 0 Å². The third-order valence-corrected chi connectivity index (χ3v) is 2.91. The molecule has 0 aromatic heterocycles.